The zero-order valence-corrected chi connectivity index (χ0v) is 8.05. The number of rotatable bonds is 6. The van der Waals surface area contributed by atoms with Crippen LogP contribution in [-0.2, 0) is 0 Å². The number of nitrogens with two attached hydrogens (primary N) is 1. The summed E-state index contributed by atoms with van der Waals surface area (Å²) in [5.41, 5.74) is 5.37. The number of thioether (sulfide) groups is 1. The third-order valence-electron chi connectivity index (χ3n) is 1.44. The predicted octanol–water partition coefficient (Wildman–Crippen LogP) is 0.484. The van der Waals surface area contributed by atoms with Crippen molar-refractivity contribution in [2.75, 3.05) is 18.1 Å². The summed E-state index contributed by atoms with van der Waals surface area (Å²) in [6.45, 7) is 2.13. The molecule has 1 atom stereocenters. The smallest absolute Gasteiger partial charge is 0.142 e. The minimum atomic E-state index is 0.0960. The SMILES string of the molecule is CC(CSCCCO)C(N)=NO. The maximum atomic E-state index is 8.49. The number of aliphatic hydroxyl groups excluding tert-OH is 1. The fourth-order valence-electron chi connectivity index (χ4n) is 0.611. The Morgan fingerprint density at radius 2 is 2.33 bits per heavy atom. The lowest BCUT2D eigenvalue weighted by atomic mass is 10.2. The lowest BCUT2D eigenvalue weighted by Gasteiger charge is -2.07. The summed E-state index contributed by atoms with van der Waals surface area (Å²) in [7, 11) is 0. The molecule has 0 aromatic rings. The number of hydrogen-bond acceptors (Lipinski definition) is 4. The van der Waals surface area contributed by atoms with E-state index in [0.717, 1.165) is 17.9 Å². The zero-order valence-electron chi connectivity index (χ0n) is 7.23. The molecule has 5 heteroatoms. The average molecular weight is 192 g/mol. The Morgan fingerprint density at radius 3 is 2.83 bits per heavy atom. The monoisotopic (exact) mass is 192 g/mol. The fraction of sp³-hybridized carbons (Fsp3) is 0.857. The summed E-state index contributed by atoms with van der Waals surface area (Å²) >= 11 is 1.70. The second kappa shape index (κ2) is 7.24. The molecule has 0 aliphatic rings. The number of nitrogens with zero attached hydrogens (tertiary/aromatic N) is 1. The third kappa shape index (κ3) is 5.26. The molecule has 0 amide bonds. The standard InChI is InChI=1S/C7H16N2O2S/c1-6(7(8)9-11)5-12-4-2-3-10/h6,10-11H,2-5H2,1H3,(H2,8,9). The Kier molecular flexibility index (Phi) is 6.99. The highest BCUT2D eigenvalue weighted by molar-refractivity contribution is 7.99. The Bertz CT molecular complexity index is 141. The van der Waals surface area contributed by atoms with Crippen LogP contribution in [0.25, 0.3) is 0 Å². The summed E-state index contributed by atoms with van der Waals surface area (Å²) in [6, 6.07) is 0. The lowest BCUT2D eigenvalue weighted by Crippen LogP contribution is -2.23. The van der Waals surface area contributed by atoms with Gasteiger partial charge in [-0.05, 0) is 12.2 Å². The van der Waals surface area contributed by atoms with Crippen LogP contribution in [0.3, 0.4) is 0 Å². The normalized spacial score (nSPS) is 14.7. The van der Waals surface area contributed by atoms with Gasteiger partial charge in [0.25, 0.3) is 0 Å². The van der Waals surface area contributed by atoms with Gasteiger partial charge in [0.2, 0.25) is 0 Å². The largest absolute Gasteiger partial charge is 0.409 e. The zero-order chi connectivity index (χ0) is 9.40. The molecule has 0 fully saturated rings. The summed E-state index contributed by atoms with van der Waals surface area (Å²) < 4.78 is 0. The van der Waals surface area contributed by atoms with Gasteiger partial charge in [-0.3, -0.25) is 0 Å². The molecular weight excluding hydrogens is 176 g/mol. The van der Waals surface area contributed by atoms with Crippen molar-refractivity contribution in [2.24, 2.45) is 16.8 Å². The highest BCUT2D eigenvalue weighted by Crippen LogP contribution is 2.09. The number of amidine groups is 1. The van der Waals surface area contributed by atoms with Gasteiger partial charge in [0.15, 0.2) is 0 Å². The van der Waals surface area contributed by atoms with E-state index >= 15 is 0 Å². The second-order valence-electron chi connectivity index (χ2n) is 2.58. The van der Waals surface area contributed by atoms with E-state index in [1.165, 1.54) is 0 Å². The number of aliphatic hydroxyl groups is 1. The van der Waals surface area contributed by atoms with Crippen molar-refractivity contribution in [3.05, 3.63) is 0 Å². The van der Waals surface area contributed by atoms with Crippen molar-refractivity contribution in [3.63, 3.8) is 0 Å². The van der Waals surface area contributed by atoms with Crippen molar-refractivity contribution in [1.29, 1.82) is 0 Å². The Morgan fingerprint density at radius 1 is 1.67 bits per heavy atom. The van der Waals surface area contributed by atoms with Crippen molar-refractivity contribution in [1.82, 2.24) is 0 Å². The number of oxime groups is 1. The summed E-state index contributed by atoms with van der Waals surface area (Å²) in [5.74, 6) is 2.11. The number of hydrogen-bond donors (Lipinski definition) is 3. The van der Waals surface area contributed by atoms with Gasteiger partial charge in [0, 0.05) is 18.3 Å². The van der Waals surface area contributed by atoms with Crippen LogP contribution < -0.4 is 5.73 Å². The van der Waals surface area contributed by atoms with Gasteiger partial charge in [-0.1, -0.05) is 12.1 Å². The van der Waals surface area contributed by atoms with Gasteiger partial charge in [0.05, 0.1) is 0 Å². The molecule has 1 unspecified atom stereocenters. The average Bonchev–Trinajstić information content (AvgIpc) is 2.10. The molecule has 4 N–H and O–H groups in total. The van der Waals surface area contributed by atoms with E-state index in [9.17, 15) is 0 Å². The predicted molar refractivity (Wildman–Crippen MR) is 51.6 cm³/mol. The quantitative estimate of drug-likeness (QED) is 0.188. The van der Waals surface area contributed by atoms with Crippen molar-refractivity contribution in [3.8, 4) is 0 Å². The molecule has 72 valence electrons. The van der Waals surface area contributed by atoms with E-state index < -0.39 is 0 Å². The molecule has 0 aromatic carbocycles. The van der Waals surface area contributed by atoms with Crippen molar-refractivity contribution >= 4 is 17.6 Å². The molecule has 0 saturated carbocycles. The van der Waals surface area contributed by atoms with Crippen LogP contribution >= 0.6 is 11.8 Å². The molecule has 0 aromatic heterocycles. The van der Waals surface area contributed by atoms with Gasteiger partial charge in [-0.2, -0.15) is 11.8 Å². The molecule has 0 heterocycles. The minimum absolute atomic E-state index is 0.0960. The van der Waals surface area contributed by atoms with E-state index in [1.54, 1.807) is 11.8 Å². The third-order valence-corrected chi connectivity index (χ3v) is 2.75. The first-order valence-corrected chi connectivity index (χ1v) is 5.03. The van der Waals surface area contributed by atoms with E-state index in [4.69, 9.17) is 16.0 Å². The fourth-order valence-corrected chi connectivity index (χ4v) is 1.63. The summed E-state index contributed by atoms with van der Waals surface area (Å²) in [4.78, 5) is 0. The Balaban J connectivity index is 3.37. The molecule has 0 saturated heterocycles. The van der Waals surface area contributed by atoms with Crippen LogP contribution in [0, 0.1) is 5.92 Å². The van der Waals surface area contributed by atoms with Crippen LogP contribution in [0.2, 0.25) is 0 Å². The molecule has 0 radical (unpaired) electrons. The van der Waals surface area contributed by atoms with E-state index in [-0.39, 0.29) is 18.4 Å². The molecule has 0 aliphatic carbocycles. The molecular formula is C7H16N2O2S. The first-order valence-electron chi connectivity index (χ1n) is 3.88. The van der Waals surface area contributed by atoms with Crippen LogP contribution in [0.15, 0.2) is 5.16 Å². The highest BCUT2D eigenvalue weighted by Gasteiger charge is 2.06. The summed E-state index contributed by atoms with van der Waals surface area (Å²) in [6.07, 6.45) is 0.799. The molecule has 12 heavy (non-hydrogen) atoms. The first kappa shape index (κ1) is 11.6. The maximum Gasteiger partial charge on any atom is 0.142 e. The Labute approximate surface area is 76.8 Å². The van der Waals surface area contributed by atoms with Gasteiger partial charge in [0.1, 0.15) is 5.84 Å². The first-order chi connectivity index (χ1) is 5.72. The highest BCUT2D eigenvalue weighted by atomic mass is 32.2. The lowest BCUT2D eigenvalue weighted by molar-refractivity contribution is 0.296. The van der Waals surface area contributed by atoms with E-state index in [0.29, 0.717) is 0 Å². The molecule has 0 bridgehead atoms. The van der Waals surface area contributed by atoms with Crippen LogP contribution in [0.1, 0.15) is 13.3 Å². The van der Waals surface area contributed by atoms with E-state index in [2.05, 4.69) is 5.16 Å². The summed E-state index contributed by atoms with van der Waals surface area (Å²) in [5, 5.41) is 19.7. The Hall–Kier alpha value is -0.420. The van der Waals surface area contributed by atoms with E-state index in [1.807, 2.05) is 6.92 Å². The van der Waals surface area contributed by atoms with Gasteiger partial charge >= 0.3 is 0 Å². The van der Waals surface area contributed by atoms with Gasteiger partial charge in [-0.15, -0.1) is 0 Å². The molecule has 0 aliphatic heterocycles. The van der Waals surface area contributed by atoms with Crippen molar-refractivity contribution in [2.45, 2.75) is 13.3 Å². The maximum absolute atomic E-state index is 8.49. The second-order valence-corrected chi connectivity index (χ2v) is 3.73. The van der Waals surface area contributed by atoms with Crippen molar-refractivity contribution < 1.29 is 10.3 Å². The topological polar surface area (TPSA) is 78.8 Å². The van der Waals surface area contributed by atoms with Gasteiger partial charge in [-0.25, -0.2) is 0 Å². The van der Waals surface area contributed by atoms with Crippen LogP contribution in [-0.4, -0.2) is 34.3 Å². The van der Waals surface area contributed by atoms with Crippen LogP contribution in [0.4, 0.5) is 0 Å². The molecule has 0 rings (SSSR count). The minimum Gasteiger partial charge on any atom is -0.409 e. The molecule has 4 nitrogen and oxygen atoms in total. The van der Waals surface area contributed by atoms with Gasteiger partial charge < -0.3 is 16.0 Å². The molecule has 0 spiro atoms. The van der Waals surface area contributed by atoms with Crippen LogP contribution in [0.5, 0.6) is 0 Å².